The molecule has 0 bridgehead atoms. The number of hydrazine groups is 1. The minimum absolute atomic E-state index is 0.155. The summed E-state index contributed by atoms with van der Waals surface area (Å²) in [4.78, 5) is 3.07. The van der Waals surface area contributed by atoms with Crippen molar-refractivity contribution >= 4 is 0 Å². The van der Waals surface area contributed by atoms with E-state index in [9.17, 15) is 0 Å². The normalized spacial score (nSPS) is 13.2. The highest BCUT2D eigenvalue weighted by atomic mass is 16.3. The van der Waals surface area contributed by atoms with Gasteiger partial charge in [-0.1, -0.05) is 0 Å². The maximum Gasteiger partial charge on any atom is 0.0514 e. The predicted molar refractivity (Wildman–Crippen MR) is 47.4 cm³/mol. The fourth-order valence-corrected chi connectivity index (χ4v) is 1.20. The van der Waals surface area contributed by atoms with Gasteiger partial charge in [-0.2, -0.15) is 0 Å². The molecule has 1 atom stereocenters. The van der Waals surface area contributed by atoms with E-state index in [-0.39, 0.29) is 12.5 Å². The molecule has 0 aliphatic carbocycles. The lowest BCUT2D eigenvalue weighted by Gasteiger charge is -2.11. The van der Waals surface area contributed by atoms with Crippen molar-refractivity contribution < 1.29 is 5.11 Å². The summed E-state index contributed by atoms with van der Waals surface area (Å²) < 4.78 is 0. The average Bonchev–Trinajstić information content (AvgIpc) is 2.59. The summed E-state index contributed by atoms with van der Waals surface area (Å²) in [6, 6.07) is 3.89. The van der Waals surface area contributed by atoms with E-state index >= 15 is 0 Å². The number of aliphatic hydroxyl groups is 1. The molecule has 0 saturated heterocycles. The van der Waals surface area contributed by atoms with Gasteiger partial charge in [0.25, 0.3) is 0 Å². The van der Waals surface area contributed by atoms with Crippen molar-refractivity contribution in [2.24, 2.45) is 5.84 Å². The first-order chi connectivity index (χ1) is 5.88. The molecule has 1 heterocycles. The number of hydrogen-bond acceptors (Lipinski definition) is 3. The van der Waals surface area contributed by atoms with Crippen molar-refractivity contribution in [3.8, 4) is 0 Å². The molecular formula is C8H15N3O. The van der Waals surface area contributed by atoms with Crippen LogP contribution in [-0.2, 0) is 0 Å². The van der Waals surface area contributed by atoms with Gasteiger partial charge in [-0.15, -0.1) is 0 Å². The quantitative estimate of drug-likeness (QED) is 0.368. The van der Waals surface area contributed by atoms with Crippen LogP contribution in [0.5, 0.6) is 0 Å². The van der Waals surface area contributed by atoms with Crippen LogP contribution in [0.3, 0.4) is 0 Å². The SMILES string of the molecule is NNCCC(CO)c1ccc[nH]1. The summed E-state index contributed by atoms with van der Waals surface area (Å²) in [5.41, 5.74) is 3.63. The molecule has 0 aliphatic rings. The van der Waals surface area contributed by atoms with Crippen LogP contribution in [0.1, 0.15) is 18.0 Å². The molecule has 0 radical (unpaired) electrons. The van der Waals surface area contributed by atoms with Gasteiger partial charge in [-0.3, -0.25) is 11.3 Å². The Hall–Kier alpha value is -0.840. The molecule has 4 nitrogen and oxygen atoms in total. The van der Waals surface area contributed by atoms with Gasteiger partial charge in [0.05, 0.1) is 6.61 Å². The van der Waals surface area contributed by atoms with E-state index < -0.39 is 0 Å². The Morgan fingerprint density at radius 1 is 1.67 bits per heavy atom. The molecule has 0 saturated carbocycles. The first kappa shape index (κ1) is 9.25. The fraction of sp³-hybridized carbons (Fsp3) is 0.500. The number of hydrogen-bond donors (Lipinski definition) is 4. The second kappa shape index (κ2) is 4.92. The van der Waals surface area contributed by atoms with Gasteiger partial charge < -0.3 is 10.1 Å². The maximum atomic E-state index is 9.04. The Morgan fingerprint density at radius 2 is 2.50 bits per heavy atom. The average molecular weight is 169 g/mol. The first-order valence-corrected chi connectivity index (χ1v) is 4.06. The number of aromatic amines is 1. The van der Waals surface area contributed by atoms with E-state index in [4.69, 9.17) is 10.9 Å². The van der Waals surface area contributed by atoms with Crippen molar-refractivity contribution in [1.29, 1.82) is 0 Å². The lowest BCUT2D eigenvalue weighted by molar-refractivity contribution is 0.256. The summed E-state index contributed by atoms with van der Waals surface area (Å²) in [5.74, 6) is 5.31. The molecule has 0 aromatic carbocycles. The third-order valence-electron chi connectivity index (χ3n) is 1.92. The van der Waals surface area contributed by atoms with Crippen molar-refractivity contribution in [2.75, 3.05) is 13.2 Å². The standard InChI is InChI=1S/C8H15N3O/c9-11-5-3-7(6-12)8-2-1-4-10-8/h1-2,4,7,10-12H,3,5-6,9H2. The minimum atomic E-state index is 0.155. The van der Waals surface area contributed by atoms with Gasteiger partial charge in [-0.05, 0) is 18.6 Å². The van der Waals surface area contributed by atoms with E-state index in [0.717, 1.165) is 12.1 Å². The monoisotopic (exact) mass is 169 g/mol. The lowest BCUT2D eigenvalue weighted by atomic mass is 10.0. The molecule has 0 amide bonds. The molecule has 0 aliphatic heterocycles. The molecule has 68 valence electrons. The number of H-pyrrole nitrogens is 1. The van der Waals surface area contributed by atoms with E-state index in [2.05, 4.69) is 10.4 Å². The fourth-order valence-electron chi connectivity index (χ4n) is 1.20. The van der Waals surface area contributed by atoms with Gasteiger partial charge in [0.1, 0.15) is 0 Å². The molecule has 5 N–H and O–H groups in total. The Morgan fingerprint density at radius 3 is 3.00 bits per heavy atom. The highest BCUT2D eigenvalue weighted by molar-refractivity contribution is 5.09. The van der Waals surface area contributed by atoms with E-state index in [0.29, 0.717) is 6.54 Å². The molecular weight excluding hydrogens is 154 g/mol. The van der Waals surface area contributed by atoms with Crippen LogP contribution in [0.15, 0.2) is 18.3 Å². The molecule has 0 fully saturated rings. The second-order valence-corrected chi connectivity index (χ2v) is 2.75. The second-order valence-electron chi connectivity index (χ2n) is 2.75. The predicted octanol–water partition coefficient (Wildman–Crippen LogP) is -0.0560. The van der Waals surface area contributed by atoms with Crippen molar-refractivity contribution in [3.63, 3.8) is 0 Å². The largest absolute Gasteiger partial charge is 0.396 e. The highest BCUT2D eigenvalue weighted by Crippen LogP contribution is 2.15. The lowest BCUT2D eigenvalue weighted by Crippen LogP contribution is -2.25. The Bertz CT molecular complexity index is 198. The molecule has 4 heteroatoms. The Kier molecular flexibility index (Phi) is 3.79. The third-order valence-corrected chi connectivity index (χ3v) is 1.92. The summed E-state index contributed by atoms with van der Waals surface area (Å²) in [7, 11) is 0. The zero-order valence-electron chi connectivity index (χ0n) is 6.96. The molecule has 1 aromatic rings. The smallest absolute Gasteiger partial charge is 0.0514 e. The summed E-state index contributed by atoms with van der Waals surface area (Å²) in [6.07, 6.45) is 2.70. The highest BCUT2D eigenvalue weighted by Gasteiger charge is 2.09. The molecule has 12 heavy (non-hydrogen) atoms. The van der Waals surface area contributed by atoms with Crippen LogP contribution in [0, 0.1) is 0 Å². The van der Waals surface area contributed by atoms with Crippen molar-refractivity contribution in [1.82, 2.24) is 10.4 Å². The van der Waals surface area contributed by atoms with Crippen LogP contribution in [0.4, 0.5) is 0 Å². The third kappa shape index (κ3) is 2.34. The number of rotatable bonds is 5. The van der Waals surface area contributed by atoms with E-state index in [1.807, 2.05) is 18.3 Å². The molecule has 1 unspecified atom stereocenters. The molecule has 1 rings (SSSR count). The summed E-state index contributed by atoms with van der Waals surface area (Å²) >= 11 is 0. The number of nitrogens with two attached hydrogens (primary N) is 1. The Labute approximate surface area is 71.8 Å². The first-order valence-electron chi connectivity index (χ1n) is 4.06. The Balaban J connectivity index is 2.45. The zero-order valence-corrected chi connectivity index (χ0v) is 6.96. The maximum absolute atomic E-state index is 9.04. The van der Waals surface area contributed by atoms with E-state index in [1.54, 1.807) is 0 Å². The van der Waals surface area contributed by atoms with Crippen LogP contribution in [0.25, 0.3) is 0 Å². The van der Waals surface area contributed by atoms with Crippen LogP contribution < -0.4 is 11.3 Å². The number of nitrogens with one attached hydrogen (secondary N) is 2. The summed E-state index contributed by atoms with van der Waals surface area (Å²) in [5, 5.41) is 9.04. The van der Waals surface area contributed by atoms with Crippen LogP contribution in [0.2, 0.25) is 0 Å². The van der Waals surface area contributed by atoms with Gasteiger partial charge >= 0.3 is 0 Å². The van der Waals surface area contributed by atoms with Gasteiger partial charge in [-0.25, -0.2) is 0 Å². The van der Waals surface area contributed by atoms with Crippen molar-refractivity contribution in [3.05, 3.63) is 24.0 Å². The number of aliphatic hydroxyl groups excluding tert-OH is 1. The minimum Gasteiger partial charge on any atom is -0.396 e. The van der Waals surface area contributed by atoms with Gasteiger partial charge in [0, 0.05) is 24.4 Å². The van der Waals surface area contributed by atoms with Crippen LogP contribution in [-0.4, -0.2) is 23.2 Å². The van der Waals surface area contributed by atoms with Gasteiger partial charge in [0.2, 0.25) is 0 Å². The van der Waals surface area contributed by atoms with Crippen molar-refractivity contribution in [2.45, 2.75) is 12.3 Å². The van der Waals surface area contributed by atoms with Gasteiger partial charge in [0.15, 0.2) is 0 Å². The van der Waals surface area contributed by atoms with Crippen LogP contribution >= 0.6 is 0 Å². The molecule has 0 spiro atoms. The topological polar surface area (TPSA) is 74.1 Å². The summed E-state index contributed by atoms with van der Waals surface area (Å²) in [6.45, 7) is 0.868. The van der Waals surface area contributed by atoms with E-state index in [1.165, 1.54) is 0 Å². The zero-order chi connectivity index (χ0) is 8.81. The molecule has 1 aromatic heterocycles. The number of aromatic nitrogens is 1.